The van der Waals surface area contributed by atoms with Gasteiger partial charge in [0.15, 0.2) is 0 Å². The van der Waals surface area contributed by atoms with Crippen molar-refractivity contribution in [2.75, 3.05) is 20.1 Å². The topological polar surface area (TPSA) is 69.3 Å². The number of carbonyl (C=O) groups is 1. The number of fused-ring (bicyclic) bond motifs is 3. The summed E-state index contributed by atoms with van der Waals surface area (Å²) in [6, 6.07) is 8.32. The summed E-state index contributed by atoms with van der Waals surface area (Å²) in [5, 5.41) is 0.708. The molecule has 6 nitrogen and oxygen atoms in total. The molecule has 0 spiro atoms. The van der Waals surface area contributed by atoms with E-state index in [1.807, 2.05) is 23.1 Å². The minimum atomic E-state index is -0.472. The van der Waals surface area contributed by atoms with Crippen LogP contribution >= 0.6 is 0 Å². The van der Waals surface area contributed by atoms with Crippen LogP contribution in [0.4, 0.5) is 0 Å². The van der Waals surface area contributed by atoms with Gasteiger partial charge in [0.2, 0.25) is 0 Å². The van der Waals surface area contributed by atoms with Gasteiger partial charge in [-0.1, -0.05) is 18.2 Å². The molecule has 4 rings (SSSR count). The van der Waals surface area contributed by atoms with Gasteiger partial charge in [-0.2, -0.15) is 4.98 Å². The van der Waals surface area contributed by atoms with Crippen LogP contribution in [0.1, 0.15) is 29.8 Å². The van der Waals surface area contributed by atoms with Crippen LogP contribution in [0.5, 0.6) is 0 Å². The quantitative estimate of drug-likeness (QED) is 0.860. The first kappa shape index (κ1) is 14.4. The first-order valence-electron chi connectivity index (χ1n) is 8.14. The average molecular weight is 312 g/mol. The van der Waals surface area contributed by atoms with Crippen LogP contribution in [0.2, 0.25) is 0 Å². The Morgan fingerprint density at radius 3 is 2.87 bits per heavy atom. The SMILES string of the molecule is CN1[C@H]2CC[C@@H]1CN(C(=O)c1nc(=O)[nH]c3ccccc13)CC2. The predicted molar refractivity (Wildman–Crippen MR) is 87.5 cm³/mol. The maximum atomic E-state index is 13.0. The summed E-state index contributed by atoms with van der Waals surface area (Å²) in [4.78, 5) is 35.7. The Morgan fingerprint density at radius 1 is 1.22 bits per heavy atom. The van der Waals surface area contributed by atoms with Crippen LogP contribution in [-0.2, 0) is 0 Å². The van der Waals surface area contributed by atoms with Crippen molar-refractivity contribution in [1.82, 2.24) is 19.8 Å². The molecule has 2 atom stereocenters. The maximum Gasteiger partial charge on any atom is 0.346 e. The summed E-state index contributed by atoms with van der Waals surface area (Å²) in [5.41, 5.74) is 0.453. The van der Waals surface area contributed by atoms with E-state index in [1.54, 1.807) is 6.07 Å². The molecule has 1 aromatic carbocycles. The number of carbonyl (C=O) groups excluding carboxylic acids is 1. The molecule has 2 aromatic rings. The van der Waals surface area contributed by atoms with Crippen molar-refractivity contribution >= 4 is 16.8 Å². The molecular weight excluding hydrogens is 292 g/mol. The van der Waals surface area contributed by atoms with E-state index in [4.69, 9.17) is 0 Å². The number of hydrogen-bond acceptors (Lipinski definition) is 4. The fourth-order valence-corrected chi connectivity index (χ4v) is 3.91. The molecule has 120 valence electrons. The lowest BCUT2D eigenvalue weighted by atomic mass is 10.1. The summed E-state index contributed by atoms with van der Waals surface area (Å²) < 4.78 is 0. The first-order valence-corrected chi connectivity index (χ1v) is 8.14. The van der Waals surface area contributed by atoms with Crippen LogP contribution in [0.25, 0.3) is 10.9 Å². The van der Waals surface area contributed by atoms with Gasteiger partial charge in [-0.3, -0.25) is 9.69 Å². The summed E-state index contributed by atoms with van der Waals surface area (Å²) in [6.07, 6.45) is 3.34. The molecule has 6 heteroatoms. The van der Waals surface area contributed by atoms with Crippen LogP contribution in [-0.4, -0.2) is 57.9 Å². The van der Waals surface area contributed by atoms with Crippen molar-refractivity contribution in [2.24, 2.45) is 0 Å². The monoisotopic (exact) mass is 312 g/mol. The Kier molecular flexibility index (Phi) is 3.41. The fraction of sp³-hybridized carbons (Fsp3) is 0.471. The normalized spacial score (nSPS) is 24.8. The molecule has 1 amide bonds. The van der Waals surface area contributed by atoms with Gasteiger partial charge in [-0.25, -0.2) is 4.79 Å². The minimum absolute atomic E-state index is 0.131. The summed E-state index contributed by atoms with van der Waals surface area (Å²) in [5.74, 6) is -0.131. The highest BCUT2D eigenvalue weighted by Crippen LogP contribution is 2.29. The molecule has 0 radical (unpaired) electrons. The van der Waals surface area contributed by atoms with E-state index in [9.17, 15) is 9.59 Å². The van der Waals surface area contributed by atoms with Gasteiger partial charge in [0.1, 0.15) is 5.69 Å². The summed E-state index contributed by atoms with van der Waals surface area (Å²) >= 11 is 0. The van der Waals surface area contributed by atoms with E-state index in [-0.39, 0.29) is 11.6 Å². The second-order valence-corrected chi connectivity index (χ2v) is 6.53. The summed E-state index contributed by atoms with van der Waals surface area (Å²) in [6.45, 7) is 1.45. The number of benzene rings is 1. The maximum absolute atomic E-state index is 13.0. The standard InChI is InChI=1S/C17H20N4O2/c1-20-11-6-7-12(20)10-21(9-8-11)16(22)15-13-4-2-3-5-14(13)18-17(23)19-15/h2-5,11-12H,6-10H2,1H3,(H,18,19,23)/t11-,12+/m0/s1. The molecule has 2 saturated heterocycles. The van der Waals surface area contributed by atoms with Gasteiger partial charge in [0.25, 0.3) is 5.91 Å². The largest absolute Gasteiger partial charge is 0.346 e. The fourth-order valence-electron chi connectivity index (χ4n) is 3.91. The van der Waals surface area contributed by atoms with E-state index in [2.05, 4.69) is 21.9 Å². The second kappa shape index (κ2) is 5.45. The molecule has 0 aliphatic carbocycles. The minimum Gasteiger partial charge on any atom is -0.336 e. The number of amides is 1. The van der Waals surface area contributed by atoms with Crippen molar-refractivity contribution < 1.29 is 4.79 Å². The number of hydrogen-bond donors (Lipinski definition) is 1. The van der Waals surface area contributed by atoms with Crippen LogP contribution in [0.3, 0.4) is 0 Å². The Labute approximate surface area is 134 Å². The number of aromatic amines is 1. The molecule has 3 heterocycles. The molecule has 1 N–H and O–H groups in total. The van der Waals surface area contributed by atoms with Crippen molar-refractivity contribution in [2.45, 2.75) is 31.3 Å². The summed E-state index contributed by atoms with van der Waals surface area (Å²) in [7, 11) is 2.15. The van der Waals surface area contributed by atoms with Crippen molar-refractivity contribution in [3.05, 3.63) is 40.4 Å². The molecule has 2 bridgehead atoms. The lowest BCUT2D eigenvalue weighted by molar-refractivity contribution is 0.0736. The van der Waals surface area contributed by atoms with Crippen molar-refractivity contribution in [1.29, 1.82) is 0 Å². The Bertz CT molecular complexity index is 816. The van der Waals surface area contributed by atoms with E-state index in [1.165, 1.54) is 6.42 Å². The van der Waals surface area contributed by atoms with Crippen molar-refractivity contribution in [3.63, 3.8) is 0 Å². The van der Waals surface area contributed by atoms with Crippen LogP contribution in [0.15, 0.2) is 29.1 Å². The first-order chi connectivity index (χ1) is 11.1. The molecule has 2 aliphatic rings. The van der Waals surface area contributed by atoms with Gasteiger partial charge in [-0.15, -0.1) is 0 Å². The zero-order valence-corrected chi connectivity index (χ0v) is 13.2. The number of para-hydroxylation sites is 1. The number of likely N-dealkylation sites (N-methyl/N-ethyl adjacent to an activating group) is 1. The lowest BCUT2D eigenvalue weighted by Gasteiger charge is -2.25. The Morgan fingerprint density at radius 2 is 2.00 bits per heavy atom. The predicted octanol–water partition coefficient (Wildman–Crippen LogP) is 1.23. The Hall–Kier alpha value is -2.21. The van der Waals surface area contributed by atoms with Gasteiger partial charge in [0.05, 0.1) is 5.52 Å². The smallest absolute Gasteiger partial charge is 0.336 e. The van der Waals surface area contributed by atoms with Crippen LogP contribution < -0.4 is 5.69 Å². The molecule has 23 heavy (non-hydrogen) atoms. The molecule has 2 aliphatic heterocycles. The third-order valence-corrected chi connectivity index (χ3v) is 5.28. The lowest BCUT2D eigenvalue weighted by Crippen LogP contribution is -2.40. The van der Waals surface area contributed by atoms with E-state index < -0.39 is 5.69 Å². The van der Waals surface area contributed by atoms with Gasteiger partial charge in [0, 0.05) is 30.6 Å². The highest BCUT2D eigenvalue weighted by atomic mass is 16.2. The highest BCUT2D eigenvalue weighted by Gasteiger charge is 2.36. The number of H-pyrrole nitrogens is 1. The zero-order valence-electron chi connectivity index (χ0n) is 13.2. The third-order valence-electron chi connectivity index (χ3n) is 5.28. The van der Waals surface area contributed by atoms with Crippen molar-refractivity contribution in [3.8, 4) is 0 Å². The molecule has 0 unspecified atom stereocenters. The number of nitrogens with zero attached hydrogens (tertiary/aromatic N) is 3. The van der Waals surface area contributed by atoms with E-state index >= 15 is 0 Å². The zero-order chi connectivity index (χ0) is 16.0. The van der Waals surface area contributed by atoms with Gasteiger partial charge >= 0.3 is 5.69 Å². The average Bonchev–Trinajstić information content (AvgIpc) is 2.78. The number of aromatic nitrogens is 2. The van der Waals surface area contributed by atoms with E-state index in [0.29, 0.717) is 29.5 Å². The molecule has 2 fully saturated rings. The van der Waals surface area contributed by atoms with Gasteiger partial charge < -0.3 is 9.88 Å². The molecule has 0 saturated carbocycles. The number of nitrogens with one attached hydrogen (secondary N) is 1. The van der Waals surface area contributed by atoms with Gasteiger partial charge in [-0.05, 0) is 32.4 Å². The molecular formula is C17H20N4O2. The Balaban J connectivity index is 1.71. The molecule has 1 aromatic heterocycles. The number of likely N-dealkylation sites (tertiary alicyclic amines) is 1. The third kappa shape index (κ3) is 2.43. The van der Waals surface area contributed by atoms with E-state index in [0.717, 1.165) is 19.4 Å². The highest BCUT2D eigenvalue weighted by molar-refractivity contribution is 6.04. The van der Waals surface area contributed by atoms with Crippen LogP contribution in [0, 0.1) is 0 Å². The number of rotatable bonds is 1. The second-order valence-electron chi connectivity index (χ2n) is 6.53.